The minimum atomic E-state index is -4.04. The van der Waals surface area contributed by atoms with Crippen LogP contribution in [-0.2, 0) is 27.7 Å². The second-order valence-electron chi connectivity index (χ2n) is 7.90. The van der Waals surface area contributed by atoms with Gasteiger partial charge in [-0.15, -0.1) is 0 Å². The molecule has 0 unspecified atom stereocenters. The summed E-state index contributed by atoms with van der Waals surface area (Å²) < 4.78 is 28.1. The summed E-state index contributed by atoms with van der Waals surface area (Å²) in [5.41, 5.74) is 4.35. The Bertz CT molecular complexity index is 1480. The molecule has 0 fully saturated rings. The van der Waals surface area contributed by atoms with Gasteiger partial charge in [-0.25, -0.2) is 8.42 Å². The second kappa shape index (κ2) is 9.96. The van der Waals surface area contributed by atoms with E-state index in [4.69, 9.17) is 0 Å². The first kappa shape index (κ1) is 23.3. The summed E-state index contributed by atoms with van der Waals surface area (Å²) in [7, 11) is -4.04. The van der Waals surface area contributed by atoms with Gasteiger partial charge >= 0.3 is 5.97 Å². The van der Waals surface area contributed by atoms with Crippen LogP contribution < -0.4 is 4.72 Å². The lowest BCUT2D eigenvalue weighted by Gasteiger charge is -2.14. The van der Waals surface area contributed by atoms with Crippen molar-refractivity contribution < 1.29 is 18.3 Å². The van der Waals surface area contributed by atoms with Gasteiger partial charge in [0.1, 0.15) is 6.04 Å². The molecule has 4 rings (SSSR count). The largest absolute Gasteiger partial charge is 0.480 e. The number of carboxylic acids is 1. The first-order valence-electron chi connectivity index (χ1n) is 10.9. The molecule has 0 saturated carbocycles. The van der Waals surface area contributed by atoms with Crippen LogP contribution in [0.25, 0.3) is 10.9 Å². The maximum atomic E-state index is 12.9. The van der Waals surface area contributed by atoms with Gasteiger partial charge in [0, 0.05) is 34.6 Å². The first-order valence-corrected chi connectivity index (χ1v) is 12.3. The average Bonchev–Trinajstić information content (AvgIpc) is 3.25. The Morgan fingerprint density at radius 2 is 1.59 bits per heavy atom. The zero-order valence-electron chi connectivity index (χ0n) is 18.6. The van der Waals surface area contributed by atoms with Crippen LogP contribution in [0.1, 0.15) is 29.2 Å². The minimum absolute atomic E-state index is 0.0129. The number of aliphatic carboxylic acids is 1. The predicted octanol–water partition coefficient (Wildman–Crippen LogP) is 4.10. The lowest BCUT2D eigenvalue weighted by molar-refractivity contribution is -0.138. The number of sulfonamides is 1. The van der Waals surface area contributed by atoms with Gasteiger partial charge in [-0.3, -0.25) is 4.79 Å². The number of carboxylic acid groups (broad SMARTS) is 1. The van der Waals surface area contributed by atoms with Crippen molar-refractivity contribution in [2.45, 2.75) is 30.7 Å². The molecule has 4 aromatic rings. The molecule has 0 spiro atoms. The second-order valence-corrected chi connectivity index (χ2v) is 9.61. The quantitative estimate of drug-likeness (QED) is 0.353. The highest BCUT2D eigenvalue weighted by molar-refractivity contribution is 7.89. The Hall–Kier alpha value is -3.86. The lowest BCUT2D eigenvalue weighted by atomic mass is 10.1. The van der Waals surface area contributed by atoms with E-state index in [1.807, 2.05) is 48.5 Å². The topological polar surface area (TPSA) is 99.3 Å². The number of fused-ring (bicyclic) bond motifs is 1. The van der Waals surface area contributed by atoms with Gasteiger partial charge in [0.2, 0.25) is 10.0 Å². The minimum Gasteiger partial charge on any atom is -0.480 e. The third kappa shape index (κ3) is 5.37. The molecule has 172 valence electrons. The number of aromatic amines is 1. The number of benzene rings is 3. The van der Waals surface area contributed by atoms with Crippen LogP contribution in [0.15, 0.2) is 83.9 Å². The highest BCUT2D eigenvalue weighted by Crippen LogP contribution is 2.20. The molecule has 1 heterocycles. The first-order chi connectivity index (χ1) is 16.4. The van der Waals surface area contributed by atoms with Crippen molar-refractivity contribution in [3.8, 4) is 11.8 Å². The molecule has 0 aliphatic carbocycles. The molecule has 0 bridgehead atoms. The average molecular weight is 473 g/mol. The summed E-state index contributed by atoms with van der Waals surface area (Å²) in [5, 5.41) is 10.5. The molecule has 34 heavy (non-hydrogen) atoms. The number of nitrogens with one attached hydrogen (secondary N) is 2. The third-order valence-electron chi connectivity index (χ3n) is 5.57. The van der Waals surface area contributed by atoms with E-state index in [1.54, 1.807) is 18.3 Å². The van der Waals surface area contributed by atoms with Gasteiger partial charge < -0.3 is 10.1 Å². The van der Waals surface area contributed by atoms with Gasteiger partial charge in [0.05, 0.1) is 4.90 Å². The lowest BCUT2D eigenvalue weighted by Crippen LogP contribution is -2.42. The van der Waals surface area contributed by atoms with E-state index in [-0.39, 0.29) is 11.3 Å². The fraction of sp³-hybridized carbons (Fsp3) is 0.148. The number of aromatic nitrogens is 1. The molecule has 7 heteroatoms. The van der Waals surface area contributed by atoms with Crippen molar-refractivity contribution in [1.82, 2.24) is 9.71 Å². The van der Waals surface area contributed by atoms with Gasteiger partial charge in [0.15, 0.2) is 0 Å². The number of rotatable bonds is 7. The van der Waals surface area contributed by atoms with Crippen LogP contribution in [0.2, 0.25) is 0 Å². The standard InChI is InChI=1S/C27H24N2O4S/c1-2-19-7-9-20(10-8-19)11-12-21-13-15-23(16-14-21)34(32,33)29-26(27(30)31)17-22-18-28-25-6-4-3-5-24(22)25/h3-10,13-16,18,26,28-29H,2,17H2,1H3,(H,30,31)/t26-/m1/s1. The molecular weight excluding hydrogens is 448 g/mol. The Morgan fingerprint density at radius 1 is 0.971 bits per heavy atom. The fourth-order valence-corrected chi connectivity index (χ4v) is 4.83. The Kier molecular flexibility index (Phi) is 6.82. The Morgan fingerprint density at radius 3 is 2.21 bits per heavy atom. The van der Waals surface area contributed by atoms with Crippen molar-refractivity contribution in [3.63, 3.8) is 0 Å². The third-order valence-corrected chi connectivity index (χ3v) is 7.06. The highest BCUT2D eigenvalue weighted by atomic mass is 32.2. The Labute approximate surface area is 198 Å². The number of H-pyrrole nitrogens is 1. The van der Waals surface area contributed by atoms with Gasteiger partial charge in [-0.05, 0) is 60.0 Å². The number of hydrogen-bond donors (Lipinski definition) is 3. The molecule has 0 saturated heterocycles. The van der Waals surface area contributed by atoms with Crippen LogP contribution in [0.4, 0.5) is 0 Å². The van der Waals surface area contributed by atoms with Gasteiger partial charge in [-0.2, -0.15) is 4.72 Å². The normalized spacial score (nSPS) is 12.1. The van der Waals surface area contributed by atoms with Crippen LogP contribution in [0.5, 0.6) is 0 Å². The van der Waals surface area contributed by atoms with Gasteiger partial charge in [-0.1, -0.05) is 49.1 Å². The number of aryl methyl sites for hydroxylation is 1. The molecule has 0 aliphatic heterocycles. The van der Waals surface area contributed by atoms with E-state index >= 15 is 0 Å². The van der Waals surface area contributed by atoms with Gasteiger partial charge in [0.25, 0.3) is 0 Å². The maximum Gasteiger partial charge on any atom is 0.322 e. The zero-order chi connectivity index (χ0) is 24.1. The molecule has 3 aromatic carbocycles. The zero-order valence-corrected chi connectivity index (χ0v) is 19.4. The van der Waals surface area contributed by atoms with Crippen LogP contribution in [0.3, 0.4) is 0 Å². The molecule has 1 atom stereocenters. The molecule has 3 N–H and O–H groups in total. The van der Waals surface area contributed by atoms with Crippen molar-refractivity contribution >= 4 is 26.9 Å². The summed E-state index contributed by atoms with van der Waals surface area (Å²) in [4.78, 5) is 14.9. The summed E-state index contributed by atoms with van der Waals surface area (Å²) in [5.74, 6) is 4.84. The molecule has 6 nitrogen and oxygen atoms in total. The number of carbonyl (C=O) groups is 1. The van der Waals surface area contributed by atoms with E-state index < -0.39 is 22.0 Å². The summed E-state index contributed by atoms with van der Waals surface area (Å²) >= 11 is 0. The van der Waals surface area contributed by atoms with E-state index in [1.165, 1.54) is 17.7 Å². The molecule has 1 aromatic heterocycles. The number of para-hydroxylation sites is 1. The monoisotopic (exact) mass is 472 g/mol. The van der Waals surface area contributed by atoms with Crippen molar-refractivity contribution in [2.24, 2.45) is 0 Å². The molecule has 0 aliphatic rings. The van der Waals surface area contributed by atoms with E-state index in [0.717, 1.165) is 28.5 Å². The van der Waals surface area contributed by atoms with Crippen LogP contribution in [0, 0.1) is 11.8 Å². The predicted molar refractivity (Wildman–Crippen MR) is 132 cm³/mol. The van der Waals surface area contributed by atoms with Crippen LogP contribution >= 0.6 is 0 Å². The summed E-state index contributed by atoms with van der Waals surface area (Å²) in [6.07, 6.45) is 2.68. The molecule has 0 radical (unpaired) electrons. The van der Waals surface area contributed by atoms with Crippen molar-refractivity contribution in [2.75, 3.05) is 0 Å². The Balaban J connectivity index is 1.49. The SMILES string of the molecule is CCc1ccc(C#Cc2ccc(S(=O)(=O)N[C@H](Cc3c[nH]c4ccccc34)C(=O)O)cc2)cc1. The summed E-state index contributed by atoms with van der Waals surface area (Å²) in [6, 6.07) is 20.2. The molecular formula is C27H24N2O4S. The van der Waals surface area contributed by atoms with Crippen LogP contribution in [-0.4, -0.2) is 30.5 Å². The summed E-state index contributed by atoms with van der Waals surface area (Å²) in [6.45, 7) is 2.09. The molecule has 0 amide bonds. The highest BCUT2D eigenvalue weighted by Gasteiger charge is 2.26. The smallest absolute Gasteiger partial charge is 0.322 e. The van der Waals surface area contributed by atoms with E-state index in [0.29, 0.717) is 5.56 Å². The maximum absolute atomic E-state index is 12.9. The van der Waals surface area contributed by atoms with E-state index in [9.17, 15) is 18.3 Å². The number of hydrogen-bond acceptors (Lipinski definition) is 3. The van der Waals surface area contributed by atoms with Crippen molar-refractivity contribution in [1.29, 1.82) is 0 Å². The van der Waals surface area contributed by atoms with Crippen molar-refractivity contribution in [3.05, 3.63) is 101 Å². The fourth-order valence-electron chi connectivity index (χ4n) is 3.64. The van der Waals surface area contributed by atoms with E-state index in [2.05, 4.69) is 28.5 Å².